The lowest BCUT2D eigenvalue weighted by Gasteiger charge is -2.32. The lowest BCUT2D eigenvalue weighted by Crippen LogP contribution is -2.41. The average Bonchev–Trinajstić information content (AvgIpc) is 3.10. The maximum Gasteiger partial charge on any atom is 0.494 e. The molecule has 0 saturated carbocycles. The van der Waals surface area contributed by atoms with Gasteiger partial charge >= 0.3 is 19.3 Å². The number of rotatable bonds is 7. The van der Waals surface area contributed by atoms with Crippen molar-refractivity contribution in [1.82, 2.24) is 0 Å². The Bertz CT molecular complexity index is 1220. The molecule has 1 aliphatic rings. The average molecular weight is 502 g/mol. The zero-order chi connectivity index (χ0) is 26.5. The summed E-state index contributed by atoms with van der Waals surface area (Å²) in [7, 11) is -0.648. The Balaban J connectivity index is 1.49. The molecule has 4 rings (SSSR count). The molecule has 0 aliphatic carbocycles. The summed E-state index contributed by atoms with van der Waals surface area (Å²) in [5.41, 5.74) is 2.00. The van der Waals surface area contributed by atoms with E-state index in [4.69, 9.17) is 18.8 Å². The van der Waals surface area contributed by atoms with Crippen LogP contribution in [0.25, 0.3) is 0 Å². The molecule has 2 N–H and O–H groups in total. The fourth-order valence-electron chi connectivity index (χ4n) is 3.64. The molecule has 192 valence electrons. The Morgan fingerprint density at radius 2 is 1.16 bits per heavy atom. The molecule has 0 aromatic heterocycles. The van der Waals surface area contributed by atoms with Gasteiger partial charge in [0.2, 0.25) is 0 Å². The molecule has 1 aliphatic heterocycles. The van der Waals surface area contributed by atoms with Crippen LogP contribution in [0, 0.1) is 0 Å². The molecule has 2 amide bonds. The van der Waals surface area contributed by atoms with Gasteiger partial charge in [0.15, 0.2) is 0 Å². The standard InChI is InChI=1S/C28H31BN2O6/c1-27(2)28(3,4)37-29(36-27)22-15-16-23(30-25(32)34-18-20-11-7-5-8-12-20)24(17-22)31-26(33)35-19-21-13-9-6-10-14-21/h5-17H,18-19H2,1-4H3,(H,30,32)(H,31,33). The summed E-state index contributed by atoms with van der Waals surface area (Å²) in [4.78, 5) is 25.2. The van der Waals surface area contributed by atoms with Crippen LogP contribution < -0.4 is 16.1 Å². The molecule has 0 spiro atoms. The van der Waals surface area contributed by atoms with Gasteiger partial charge in [-0.1, -0.05) is 66.7 Å². The predicted molar refractivity (Wildman–Crippen MR) is 143 cm³/mol. The number of carbonyl (C=O) groups is 2. The van der Waals surface area contributed by atoms with Crippen molar-refractivity contribution in [3.8, 4) is 0 Å². The first kappa shape index (κ1) is 26.3. The number of hydrogen-bond donors (Lipinski definition) is 2. The summed E-state index contributed by atoms with van der Waals surface area (Å²) in [6.07, 6.45) is -1.33. The van der Waals surface area contributed by atoms with Gasteiger partial charge in [-0.3, -0.25) is 10.6 Å². The molecular formula is C28H31BN2O6. The number of nitrogens with one attached hydrogen (secondary N) is 2. The Morgan fingerprint density at radius 1 is 0.703 bits per heavy atom. The van der Waals surface area contributed by atoms with Crippen LogP contribution in [0.3, 0.4) is 0 Å². The number of anilines is 2. The number of ether oxygens (including phenoxy) is 2. The number of benzene rings is 3. The molecule has 1 heterocycles. The molecule has 0 radical (unpaired) electrons. The quantitative estimate of drug-likeness (QED) is 0.416. The van der Waals surface area contributed by atoms with Gasteiger partial charge < -0.3 is 18.8 Å². The van der Waals surface area contributed by atoms with E-state index in [1.165, 1.54) is 0 Å². The van der Waals surface area contributed by atoms with Gasteiger partial charge in [-0.15, -0.1) is 0 Å². The molecule has 0 bridgehead atoms. The highest BCUT2D eigenvalue weighted by Gasteiger charge is 2.51. The summed E-state index contributed by atoms with van der Waals surface area (Å²) in [6, 6.07) is 23.8. The van der Waals surface area contributed by atoms with Crippen LogP contribution in [-0.4, -0.2) is 30.5 Å². The molecular weight excluding hydrogens is 471 g/mol. The first-order valence-electron chi connectivity index (χ1n) is 12.1. The third-order valence-corrected chi connectivity index (χ3v) is 6.47. The minimum atomic E-state index is -0.671. The van der Waals surface area contributed by atoms with Crippen molar-refractivity contribution in [3.63, 3.8) is 0 Å². The largest absolute Gasteiger partial charge is 0.494 e. The van der Waals surface area contributed by atoms with E-state index >= 15 is 0 Å². The van der Waals surface area contributed by atoms with Crippen LogP contribution in [0.15, 0.2) is 78.9 Å². The summed E-state index contributed by atoms with van der Waals surface area (Å²) in [6.45, 7) is 8.07. The second-order valence-corrected chi connectivity index (χ2v) is 9.77. The highest BCUT2D eigenvalue weighted by Crippen LogP contribution is 2.37. The van der Waals surface area contributed by atoms with Gasteiger partial charge in [-0.05, 0) is 56.4 Å². The zero-order valence-electron chi connectivity index (χ0n) is 21.4. The molecule has 9 heteroatoms. The summed E-state index contributed by atoms with van der Waals surface area (Å²) in [5.74, 6) is 0. The first-order valence-corrected chi connectivity index (χ1v) is 12.1. The molecule has 37 heavy (non-hydrogen) atoms. The monoisotopic (exact) mass is 502 g/mol. The van der Waals surface area contributed by atoms with Crippen molar-refractivity contribution in [3.05, 3.63) is 90.0 Å². The van der Waals surface area contributed by atoms with Crippen molar-refractivity contribution in [2.75, 3.05) is 10.6 Å². The van der Waals surface area contributed by atoms with Gasteiger partial charge in [0.1, 0.15) is 13.2 Å². The number of hydrogen-bond acceptors (Lipinski definition) is 6. The third-order valence-electron chi connectivity index (χ3n) is 6.47. The van der Waals surface area contributed by atoms with E-state index in [9.17, 15) is 9.59 Å². The van der Waals surface area contributed by atoms with E-state index in [0.29, 0.717) is 16.8 Å². The first-order chi connectivity index (χ1) is 17.6. The Hall–Kier alpha value is -3.82. The van der Waals surface area contributed by atoms with Crippen LogP contribution in [-0.2, 0) is 32.0 Å². The van der Waals surface area contributed by atoms with Crippen LogP contribution in [0.2, 0.25) is 0 Å². The van der Waals surface area contributed by atoms with Crippen LogP contribution >= 0.6 is 0 Å². The highest BCUT2D eigenvalue weighted by molar-refractivity contribution is 6.62. The SMILES string of the molecule is CC1(C)OB(c2ccc(NC(=O)OCc3ccccc3)c(NC(=O)OCc3ccccc3)c2)OC1(C)C. The molecule has 3 aromatic rings. The third kappa shape index (κ3) is 6.69. The highest BCUT2D eigenvalue weighted by atomic mass is 16.7. The second-order valence-electron chi connectivity index (χ2n) is 9.77. The number of carbonyl (C=O) groups excluding carboxylic acids is 2. The van der Waals surface area contributed by atoms with Crippen molar-refractivity contribution in [1.29, 1.82) is 0 Å². The van der Waals surface area contributed by atoms with E-state index < -0.39 is 30.5 Å². The van der Waals surface area contributed by atoms with Gasteiger partial charge in [0.05, 0.1) is 22.6 Å². The zero-order valence-corrected chi connectivity index (χ0v) is 21.4. The Labute approximate surface area is 217 Å². The van der Waals surface area contributed by atoms with Gasteiger partial charge in [0, 0.05) is 0 Å². The van der Waals surface area contributed by atoms with Gasteiger partial charge in [0.25, 0.3) is 0 Å². The smallest absolute Gasteiger partial charge is 0.444 e. The van der Waals surface area contributed by atoms with Crippen molar-refractivity contribution < 1.29 is 28.4 Å². The summed E-state index contributed by atoms with van der Waals surface area (Å²) < 4.78 is 23.0. The van der Waals surface area contributed by atoms with E-state index in [1.807, 2.05) is 88.4 Å². The lowest BCUT2D eigenvalue weighted by molar-refractivity contribution is 0.00578. The maximum absolute atomic E-state index is 12.6. The van der Waals surface area contributed by atoms with E-state index in [-0.39, 0.29) is 13.2 Å². The van der Waals surface area contributed by atoms with Crippen molar-refractivity contribution in [2.24, 2.45) is 0 Å². The van der Waals surface area contributed by atoms with Gasteiger partial charge in [-0.2, -0.15) is 0 Å². The Kier molecular flexibility index (Phi) is 7.85. The molecule has 1 fully saturated rings. The molecule has 0 unspecified atom stereocenters. The van der Waals surface area contributed by atoms with Crippen LogP contribution in [0.5, 0.6) is 0 Å². The van der Waals surface area contributed by atoms with Crippen molar-refractivity contribution >= 4 is 36.1 Å². The number of amides is 2. The van der Waals surface area contributed by atoms with E-state index in [2.05, 4.69) is 10.6 Å². The Morgan fingerprint density at radius 3 is 1.65 bits per heavy atom. The molecule has 3 aromatic carbocycles. The van der Waals surface area contributed by atoms with E-state index in [1.54, 1.807) is 18.2 Å². The van der Waals surface area contributed by atoms with E-state index in [0.717, 1.165) is 11.1 Å². The predicted octanol–water partition coefficient (Wildman–Crippen LogP) is 5.48. The normalized spacial score (nSPS) is 15.6. The topological polar surface area (TPSA) is 95.1 Å². The fraction of sp³-hybridized carbons (Fsp3) is 0.286. The minimum absolute atomic E-state index is 0.103. The van der Waals surface area contributed by atoms with Gasteiger partial charge in [-0.25, -0.2) is 9.59 Å². The van der Waals surface area contributed by atoms with Crippen molar-refractivity contribution in [2.45, 2.75) is 52.1 Å². The maximum atomic E-state index is 12.6. The lowest BCUT2D eigenvalue weighted by atomic mass is 9.78. The minimum Gasteiger partial charge on any atom is -0.444 e. The molecule has 0 atom stereocenters. The molecule has 1 saturated heterocycles. The fourth-order valence-corrected chi connectivity index (χ4v) is 3.64. The van der Waals surface area contributed by atoms with Crippen LogP contribution in [0.1, 0.15) is 38.8 Å². The summed E-state index contributed by atoms with van der Waals surface area (Å²) >= 11 is 0. The molecule has 8 nitrogen and oxygen atoms in total. The van der Waals surface area contributed by atoms with Crippen LogP contribution in [0.4, 0.5) is 21.0 Å². The summed E-state index contributed by atoms with van der Waals surface area (Å²) in [5, 5.41) is 5.42. The second kappa shape index (κ2) is 11.1.